The Morgan fingerprint density at radius 2 is 1.90 bits per heavy atom. The third-order valence-electron chi connectivity index (χ3n) is 3.27. The van der Waals surface area contributed by atoms with E-state index in [-0.39, 0.29) is 6.04 Å². The summed E-state index contributed by atoms with van der Waals surface area (Å²) >= 11 is 0. The van der Waals surface area contributed by atoms with Crippen molar-refractivity contribution in [2.75, 3.05) is 0 Å². The van der Waals surface area contributed by atoms with Crippen LogP contribution < -0.4 is 11.3 Å². The number of fused-ring (bicyclic) bond motifs is 1. The molecule has 1 unspecified atom stereocenters. The van der Waals surface area contributed by atoms with E-state index in [1.165, 1.54) is 6.33 Å². The van der Waals surface area contributed by atoms with Crippen LogP contribution in [-0.4, -0.2) is 15.0 Å². The largest absolute Gasteiger partial charge is 0.271 e. The highest BCUT2D eigenvalue weighted by Crippen LogP contribution is 2.27. The molecule has 0 aliphatic rings. The molecule has 0 aliphatic heterocycles. The van der Waals surface area contributed by atoms with Crippen molar-refractivity contribution in [2.24, 2.45) is 5.84 Å². The number of benzene rings is 1. The van der Waals surface area contributed by atoms with Gasteiger partial charge in [0.1, 0.15) is 6.33 Å². The topological polar surface area (TPSA) is 76.7 Å². The molecule has 1 aromatic carbocycles. The van der Waals surface area contributed by atoms with Gasteiger partial charge in [-0.2, -0.15) is 0 Å². The van der Waals surface area contributed by atoms with Crippen LogP contribution in [0.2, 0.25) is 0 Å². The van der Waals surface area contributed by atoms with Crippen LogP contribution in [0.3, 0.4) is 0 Å². The maximum Gasteiger partial charge on any atom is 0.115 e. The number of aromatic nitrogens is 3. The van der Waals surface area contributed by atoms with Crippen LogP contribution in [0, 0.1) is 6.92 Å². The molecule has 0 aliphatic carbocycles. The second kappa shape index (κ2) is 5.32. The molecule has 0 saturated carbocycles. The first-order chi connectivity index (χ1) is 9.79. The first kappa shape index (κ1) is 12.7. The molecular weight excluding hydrogens is 250 g/mol. The summed E-state index contributed by atoms with van der Waals surface area (Å²) in [5, 5.41) is 1.07. The SMILES string of the molecule is Cc1cc(C(NN)c2cncnc2)c2ccccc2n1. The van der Waals surface area contributed by atoms with Crippen LogP contribution >= 0.6 is 0 Å². The van der Waals surface area contributed by atoms with E-state index in [0.29, 0.717) is 0 Å². The summed E-state index contributed by atoms with van der Waals surface area (Å²) in [7, 11) is 0. The minimum absolute atomic E-state index is 0.164. The Hall–Kier alpha value is -2.37. The number of aryl methyl sites for hydroxylation is 1. The summed E-state index contributed by atoms with van der Waals surface area (Å²) in [6.45, 7) is 1.98. The lowest BCUT2D eigenvalue weighted by molar-refractivity contribution is 0.635. The number of hydrogen-bond acceptors (Lipinski definition) is 5. The molecule has 0 bridgehead atoms. The Morgan fingerprint density at radius 1 is 1.15 bits per heavy atom. The van der Waals surface area contributed by atoms with E-state index in [4.69, 9.17) is 5.84 Å². The third kappa shape index (κ3) is 2.24. The monoisotopic (exact) mass is 265 g/mol. The van der Waals surface area contributed by atoms with Gasteiger partial charge in [-0.3, -0.25) is 10.8 Å². The average Bonchev–Trinajstić information content (AvgIpc) is 2.49. The fourth-order valence-electron chi connectivity index (χ4n) is 2.40. The number of pyridine rings is 1. The van der Waals surface area contributed by atoms with Gasteiger partial charge < -0.3 is 0 Å². The first-order valence-electron chi connectivity index (χ1n) is 6.37. The van der Waals surface area contributed by atoms with Gasteiger partial charge in [-0.15, -0.1) is 0 Å². The van der Waals surface area contributed by atoms with Gasteiger partial charge in [0.05, 0.1) is 11.6 Å². The number of rotatable bonds is 3. The Balaban J connectivity index is 2.22. The van der Waals surface area contributed by atoms with Crippen molar-refractivity contribution in [3.8, 4) is 0 Å². The smallest absolute Gasteiger partial charge is 0.115 e. The lowest BCUT2D eigenvalue weighted by atomic mass is 9.97. The van der Waals surface area contributed by atoms with Crippen LogP contribution in [0.1, 0.15) is 22.9 Å². The minimum atomic E-state index is -0.164. The highest BCUT2D eigenvalue weighted by Gasteiger charge is 2.16. The van der Waals surface area contributed by atoms with Crippen molar-refractivity contribution < 1.29 is 0 Å². The molecule has 1 atom stereocenters. The molecule has 5 heteroatoms. The highest BCUT2D eigenvalue weighted by molar-refractivity contribution is 5.83. The van der Waals surface area contributed by atoms with E-state index in [1.54, 1.807) is 12.4 Å². The molecule has 5 nitrogen and oxygen atoms in total. The van der Waals surface area contributed by atoms with Crippen molar-refractivity contribution in [1.82, 2.24) is 20.4 Å². The predicted octanol–water partition coefficient (Wildman–Crippen LogP) is 1.89. The lowest BCUT2D eigenvalue weighted by Gasteiger charge is -2.18. The maximum absolute atomic E-state index is 5.75. The van der Waals surface area contributed by atoms with E-state index >= 15 is 0 Å². The van der Waals surface area contributed by atoms with Gasteiger partial charge in [0.15, 0.2) is 0 Å². The van der Waals surface area contributed by atoms with E-state index in [2.05, 4.69) is 20.4 Å². The van der Waals surface area contributed by atoms with Crippen LogP contribution in [0.25, 0.3) is 10.9 Å². The van der Waals surface area contributed by atoms with Gasteiger partial charge in [-0.1, -0.05) is 18.2 Å². The number of nitrogens with zero attached hydrogens (tertiary/aromatic N) is 3. The van der Waals surface area contributed by atoms with Gasteiger partial charge >= 0.3 is 0 Å². The van der Waals surface area contributed by atoms with E-state index in [9.17, 15) is 0 Å². The Bertz CT molecular complexity index is 727. The number of hydrazine groups is 1. The molecule has 3 rings (SSSR count). The second-order valence-corrected chi connectivity index (χ2v) is 4.64. The normalized spacial score (nSPS) is 12.5. The molecular formula is C15H15N5. The summed E-state index contributed by atoms with van der Waals surface area (Å²) in [4.78, 5) is 12.7. The van der Waals surface area contributed by atoms with Crippen LogP contribution in [-0.2, 0) is 0 Å². The van der Waals surface area contributed by atoms with Gasteiger partial charge in [0.25, 0.3) is 0 Å². The van der Waals surface area contributed by atoms with Crippen LogP contribution in [0.4, 0.5) is 0 Å². The standard InChI is InChI=1S/C15H15N5/c1-10-6-13(12-4-2-3-5-14(12)19-10)15(20-16)11-7-17-9-18-8-11/h2-9,15,20H,16H2,1H3. The summed E-state index contributed by atoms with van der Waals surface area (Å²) in [6.07, 6.45) is 5.04. The molecule has 2 aromatic heterocycles. The van der Waals surface area contributed by atoms with E-state index < -0.39 is 0 Å². The zero-order chi connectivity index (χ0) is 13.9. The maximum atomic E-state index is 5.75. The van der Waals surface area contributed by atoms with Crippen LogP contribution in [0.5, 0.6) is 0 Å². The van der Waals surface area contributed by atoms with Crippen molar-refractivity contribution in [1.29, 1.82) is 0 Å². The molecule has 0 radical (unpaired) electrons. The molecule has 0 spiro atoms. The number of nitrogens with one attached hydrogen (secondary N) is 1. The lowest BCUT2D eigenvalue weighted by Crippen LogP contribution is -2.29. The molecule has 0 fully saturated rings. The van der Waals surface area contributed by atoms with Gasteiger partial charge in [-0.25, -0.2) is 15.4 Å². The van der Waals surface area contributed by atoms with Crippen molar-refractivity contribution in [3.63, 3.8) is 0 Å². The average molecular weight is 265 g/mol. The molecule has 20 heavy (non-hydrogen) atoms. The third-order valence-corrected chi connectivity index (χ3v) is 3.27. The molecule has 3 aromatic rings. The molecule has 0 amide bonds. The van der Waals surface area contributed by atoms with Crippen molar-refractivity contribution in [2.45, 2.75) is 13.0 Å². The summed E-state index contributed by atoms with van der Waals surface area (Å²) in [5.74, 6) is 5.75. The number of hydrogen-bond donors (Lipinski definition) is 2. The van der Waals surface area contributed by atoms with Crippen molar-refractivity contribution in [3.05, 3.63) is 65.9 Å². The second-order valence-electron chi connectivity index (χ2n) is 4.64. The first-order valence-corrected chi connectivity index (χ1v) is 6.37. The Morgan fingerprint density at radius 3 is 2.65 bits per heavy atom. The molecule has 3 N–H and O–H groups in total. The Labute approximate surface area is 116 Å². The summed E-state index contributed by atoms with van der Waals surface area (Å²) < 4.78 is 0. The number of para-hydroxylation sites is 1. The fraction of sp³-hybridized carbons (Fsp3) is 0.133. The van der Waals surface area contributed by atoms with Gasteiger partial charge in [0, 0.05) is 29.0 Å². The van der Waals surface area contributed by atoms with E-state index in [0.717, 1.165) is 27.7 Å². The molecule has 100 valence electrons. The van der Waals surface area contributed by atoms with Gasteiger partial charge in [0.2, 0.25) is 0 Å². The quantitative estimate of drug-likeness (QED) is 0.558. The molecule has 0 saturated heterocycles. The fourth-order valence-corrected chi connectivity index (χ4v) is 2.40. The summed E-state index contributed by atoms with van der Waals surface area (Å²) in [5.41, 5.74) is 6.76. The van der Waals surface area contributed by atoms with Crippen LogP contribution in [0.15, 0.2) is 49.1 Å². The zero-order valence-corrected chi connectivity index (χ0v) is 11.1. The van der Waals surface area contributed by atoms with Gasteiger partial charge in [-0.05, 0) is 24.6 Å². The van der Waals surface area contributed by atoms with Crippen molar-refractivity contribution >= 4 is 10.9 Å². The molecule has 2 heterocycles. The minimum Gasteiger partial charge on any atom is -0.271 e. The predicted molar refractivity (Wildman–Crippen MR) is 77.7 cm³/mol. The van der Waals surface area contributed by atoms with E-state index in [1.807, 2.05) is 37.3 Å². The highest BCUT2D eigenvalue weighted by atomic mass is 15.2. The zero-order valence-electron chi connectivity index (χ0n) is 11.1. The Kier molecular flexibility index (Phi) is 3.37. The summed E-state index contributed by atoms with van der Waals surface area (Å²) in [6, 6.07) is 9.90. The number of nitrogens with two attached hydrogens (primary N) is 1.